The van der Waals surface area contributed by atoms with Crippen LogP contribution in [0.3, 0.4) is 0 Å². The van der Waals surface area contributed by atoms with Gasteiger partial charge in [0, 0.05) is 52.3 Å². The lowest BCUT2D eigenvalue weighted by atomic mass is 10.1. The van der Waals surface area contributed by atoms with Gasteiger partial charge >= 0.3 is 6.09 Å². The zero-order valence-electron chi connectivity index (χ0n) is 20.4. The Hall–Kier alpha value is -2.91. The summed E-state index contributed by atoms with van der Waals surface area (Å²) in [6.07, 6.45) is 6.06. The molecule has 8 nitrogen and oxygen atoms in total. The number of rotatable bonds is 8. The van der Waals surface area contributed by atoms with E-state index in [0.717, 1.165) is 37.9 Å². The van der Waals surface area contributed by atoms with Crippen molar-refractivity contribution < 1.29 is 28.5 Å². The van der Waals surface area contributed by atoms with Crippen LogP contribution in [0.2, 0.25) is 0 Å². The summed E-state index contributed by atoms with van der Waals surface area (Å²) in [6, 6.07) is 6.80. The standard InChI is InChI=1S/C26H34FN3O5/c1-18-22(34-20-10-15-30(16-11-20)26(31)32)8-12-28-25(18)35-23-7-6-19(17-21(23)27)9-14-29-13-4-3-5-24(29)33-2/h6-8,12,17,20,24H,3-5,9-11,13-16H2,1-2H3,(H,31,32)/t24-/m0/s1. The summed E-state index contributed by atoms with van der Waals surface area (Å²) in [7, 11) is 1.74. The van der Waals surface area contributed by atoms with Crippen molar-refractivity contribution in [3.8, 4) is 17.4 Å². The molecule has 2 aromatic rings. The predicted molar refractivity (Wildman–Crippen MR) is 129 cm³/mol. The first-order valence-electron chi connectivity index (χ1n) is 12.3. The lowest BCUT2D eigenvalue weighted by molar-refractivity contribution is -0.0545. The lowest BCUT2D eigenvalue weighted by Gasteiger charge is -2.34. The van der Waals surface area contributed by atoms with Gasteiger partial charge in [-0.05, 0) is 56.4 Å². The fourth-order valence-electron chi connectivity index (χ4n) is 4.72. The molecule has 1 N–H and O–H groups in total. The van der Waals surface area contributed by atoms with Gasteiger partial charge < -0.3 is 24.2 Å². The van der Waals surface area contributed by atoms with Crippen molar-refractivity contribution in [2.24, 2.45) is 0 Å². The maximum Gasteiger partial charge on any atom is 0.407 e. The van der Waals surface area contributed by atoms with Gasteiger partial charge in [0.2, 0.25) is 5.88 Å². The molecule has 0 radical (unpaired) electrons. The van der Waals surface area contributed by atoms with Crippen molar-refractivity contribution in [3.05, 3.63) is 47.4 Å². The largest absolute Gasteiger partial charge is 0.490 e. The molecule has 1 aromatic heterocycles. The molecule has 0 saturated carbocycles. The summed E-state index contributed by atoms with van der Waals surface area (Å²) >= 11 is 0. The molecule has 0 spiro atoms. The molecule has 0 bridgehead atoms. The fraction of sp³-hybridized carbons (Fsp3) is 0.538. The predicted octanol–water partition coefficient (Wildman–Crippen LogP) is 4.84. The maximum atomic E-state index is 14.9. The van der Waals surface area contributed by atoms with E-state index in [1.165, 1.54) is 17.4 Å². The van der Waals surface area contributed by atoms with Gasteiger partial charge in [-0.15, -0.1) is 0 Å². The molecule has 2 aliphatic heterocycles. The number of amides is 1. The fourth-order valence-corrected chi connectivity index (χ4v) is 4.72. The molecule has 1 amide bonds. The number of aromatic nitrogens is 1. The number of carboxylic acid groups (broad SMARTS) is 1. The Kier molecular flexibility index (Phi) is 8.41. The van der Waals surface area contributed by atoms with Crippen LogP contribution >= 0.6 is 0 Å². The van der Waals surface area contributed by atoms with Crippen molar-refractivity contribution in [2.75, 3.05) is 33.3 Å². The summed E-state index contributed by atoms with van der Waals surface area (Å²) < 4.78 is 32.4. The zero-order chi connectivity index (χ0) is 24.8. The number of hydrogen-bond acceptors (Lipinski definition) is 6. The number of halogens is 1. The number of ether oxygens (including phenoxy) is 3. The van der Waals surface area contributed by atoms with Crippen LogP contribution in [-0.2, 0) is 11.2 Å². The van der Waals surface area contributed by atoms with Crippen LogP contribution in [0, 0.1) is 12.7 Å². The van der Waals surface area contributed by atoms with Gasteiger partial charge in [0.25, 0.3) is 0 Å². The van der Waals surface area contributed by atoms with E-state index >= 15 is 0 Å². The highest BCUT2D eigenvalue weighted by molar-refractivity contribution is 5.65. The molecule has 0 aliphatic carbocycles. The van der Waals surface area contributed by atoms with Crippen LogP contribution in [0.25, 0.3) is 0 Å². The van der Waals surface area contributed by atoms with E-state index in [4.69, 9.17) is 19.3 Å². The van der Waals surface area contributed by atoms with Gasteiger partial charge in [-0.3, -0.25) is 4.90 Å². The second kappa shape index (κ2) is 11.7. The Labute approximate surface area is 205 Å². The second-order valence-corrected chi connectivity index (χ2v) is 9.17. The molecule has 0 unspecified atom stereocenters. The van der Waals surface area contributed by atoms with Gasteiger partial charge in [0.05, 0.1) is 5.56 Å². The van der Waals surface area contributed by atoms with E-state index in [9.17, 15) is 9.18 Å². The molecule has 3 heterocycles. The van der Waals surface area contributed by atoms with Crippen LogP contribution < -0.4 is 9.47 Å². The van der Waals surface area contributed by atoms with Crippen molar-refractivity contribution in [2.45, 2.75) is 57.8 Å². The lowest BCUT2D eigenvalue weighted by Crippen LogP contribution is -2.41. The maximum absolute atomic E-state index is 14.9. The van der Waals surface area contributed by atoms with E-state index < -0.39 is 11.9 Å². The molecular formula is C26H34FN3O5. The van der Waals surface area contributed by atoms with Crippen molar-refractivity contribution in [1.82, 2.24) is 14.8 Å². The zero-order valence-corrected chi connectivity index (χ0v) is 20.4. The highest BCUT2D eigenvalue weighted by Gasteiger charge is 2.25. The van der Waals surface area contributed by atoms with Crippen molar-refractivity contribution >= 4 is 6.09 Å². The van der Waals surface area contributed by atoms with Gasteiger partial charge in [-0.25, -0.2) is 14.2 Å². The molecule has 35 heavy (non-hydrogen) atoms. The summed E-state index contributed by atoms with van der Waals surface area (Å²) in [5.74, 6) is 0.574. The van der Waals surface area contributed by atoms with Gasteiger partial charge in [0.1, 0.15) is 18.1 Å². The van der Waals surface area contributed by atoms with Crippen LogP contribution in [0.4, 0.5) is 9.18 Å². The average molecular weight is 488 g/mol. The summed E-state index contributed by atoms with van der Waals surface area (Å²) in [4.78, 5) is 19.1. The molecule has 2 saturated heterocycles. The van der Waals surface area contributed by atoms with Crippen molar-refractivity contribution in [3.63, 3.8) is 0 Å². The summed E-state index contributed by atoms with van der Waals surface area (Å²) in [6.45, 7) is 4.53. The van der Waals surface area contributed by atoms with E-state index in [1.807, 2.05) is 13.0 Å². The Morgan fingerprint density at radius 3 is 2.66 bits per heavy atom. The number of carbonyl (C=O) groups is 1. The van der Waals surface area contributed by atoms with Gasteiger partial charge in [-0.2, -0.15) is 0 Å². The third kappa shape index (κ3) is 6.41. The number of methoxy groups -OCH3 is 1. The molecule has 2 fully saturated rings. The van der Waals surface area contributed by atoms with Gasteiger partial charge in [-0.1, -0.05) is 6.07 Å². The molecule has 9 heteroatoms. The molecule has 2 aliphatic rings. The minimum atomic E-state index is -0.905. The number of piperidine rings is 2. The van der Waals surface area contributed by atoms with Crippen LogP contribution in [0.15, 0.2) is 30.5 Å². The number of pyridine rings is 1. The number of benzene rings is 1. The summed E-state index contributed by atoms with van der Waals surface area (Å²) in [5.41, 5.74) is 1.58. The number of likely N-dealkylation sites (tertiary alicyclic amines) is 2. The van der Waals surface area contributed by atoms with E-state index in [-0.39, 0.29) is 24.0 Å². The third-order valence-corrected chi connectivity index (χ3v) is 6.83. The minimum Gasteiger partial charge on any atom is -0.490 e. The quantitative estimate of drug-likeness (QED) is 0.570. The molecule has 1 atom stereocenters. The van der Waals surface area contributed by atoms with Crippen LogP contribution in [0.1, 0.15) is 43.2 Å². The molecular weight excluding hydrogens is 453 g/mol. The highest BCUT2D eigenvalue weighted by atomic mass is 19.1. The first-order chi connectivity index (χ1) is 16.9. The monoisotopic (exact) mass is 487 g/mol. The molecule has 4 rings (SSSR count). The Balaban J connectivity index is 1.36. The first-order valence-corrected chi connectivity index (χ1v) is 12.3. The van der Waals surface area contributed by atoms with Crippen LogP contribution in [-0.4, -0.2) is 71.6 Å². The number of hydrogen-bond donors (Lipinski definition) is 1. The Morgan fingerprint density at radius 2 is 1.94 bits per heavy atom. The van der Waals surface area contributed by atoms with E-state index in [1.54, 1.807) is 25.4 Å². The molecule has 1 aromatic carbocycles. The topological polar surface area (TPSA) is 84.4 Å². The highest BCUT2D eigenvalue weighted by Crippen LogP contribution is 2.32. The van der Waals surface area contributed by atoms with Crippen molar-refractivity contribution in [1.29, 1.82) is 0 Å². The Bertz CT molecular complexity index is 1010. The summed E-state index contributed by atoms with van der Waals surface area (Å²) in [5, 5.41) is 9.11. The minimum absolute atomic E-state index is 0.0896. The molecule has 190 valence electrons. The smallest absolute Gasteiger partial charge is 0.407 e. The van der Waals surface area contributed by atoms with E-state index in [0.29, 0.717) is 37.2 Å². The average Bonchev–Trinajstić information content (AvgIpc) is 2.87. The first kappa shape index (κ1) is 25.2. The SMILES string of the molecule is CO[C@H]1CCCCN1CCc1ccc(Oc2nccc(OC3CCN(C(=O)O)CC3)c2C)c(F)c1. The third-order valence-electron chi connectivity index (χ3n) is 6.83. The van der Waals surface area contributed by atoms with E-state index in [2.05, 4.69) is 9.88 Å². The second-order valence-electron chi connectivity index (χ2n) is 9.17. The number of nitrogens with zero attached hydrogens (tertiary/aromatic N) is 3. The Morgan fingerprint density at radius 1 is 1.14 bits per heavy atom. The van der Waals surface area contributed by atoms with Crippen LogP contribution in [0.5, 0.6) is 17.4 Å². The normalized spacial score (nSPS) is 19.5. The van der Waals surface area contributed by atoms with Gasteiger partial charge in [0.15, 0.2) is 11.6 Å².